The molecule has 26 heavy (non-hydrogen) atoms. The number of piperidine rings is 1. The van der Waals surface area contributed by atoms with Crippen LogP contribution in [0.5, 0.6) is 0 Å². The SMILES string of the molecule is CC(Cc1ccco1)NC(=O)C1CCN(S(=O)(=O)c2cccnc2)CC1. The lowest BCUT2D eigenvalue weighted by molar-refractivity contribution is -0.126. The normalized spacial score (nSPS) is 17.7. The molecule has 2 aromatic heterocycles. The summed E-state index contributed by atoms with van der Waals surface area (Å²) in [6.07, 6.45) is 6.16. The molecule has 1 atom stereocenters. The Bertz CT molecular complexity index is 813. The minimum atomic E-state index is -3.54. The zero-order chi connectivity index (χ0) is 18.6. The lowest BCUT2D eigenvalue weighted by Gasteiger charge is -2.31. The number of carbonyl (C=O) groups is 1. The molecule has 0 saturated carbocycles. The van der Waals surface area contributed by atoms with Crippen molar-refractivity contribution in [3.8, 4) is 0 Å². The average molecular weight is 377 g/mol. The van der Waals surface area contributed by atoms with Gasteiger partial charge in [-0.05, 0) is 44.0 Å². The highest BCUT2D eigenvalue weighted by atomic mass is 32.2. The van der Waals surface area contributed by atoms with Crippen molar-refractivity contribution in [2.24, 2.45) is 5.92 Å². The van der Waals surface area contributed by atoms with Gasteiger partial charge in [0.2, 0.25) is 15.9 Å². The molecule has 1 fully saturated rings. The number of amides is 1. The fourth-order valence-corrected chi connectivity index (χ4v) is 4.58. The summed E-state index contributed by atoms with van der Waals surface area (Å²) < 4.78 is 31.9. The quantitative estimate of drug-likeness (QED) is 0.829. The second kappa shape index (κ2) is 8.01. The Morgan fingerprint density at radius 2 is 2.12 bits per heavy atom. The third-order valence-corrected chi connectivity index (χ3v) is 6.46. The molecule has 3 rings (SSSR count). The molecule has 1 amide bonds. The van der Waals surface area contributed by atoms with E-state index in [4.69, 9.17) is 4.42 Å². The molecule has 0 bridgehead atoms. The molecule has 1 aliphatic rings. The molecule has 1 N–H and O–H groups in total. The zero-order valence-corrected chi connectivity index (χ0v) is 15.5. The van der Waals surface area contributed by atoms with E-state index in [2.05, 4.69) is 10.3 Å². The van der Waals surface area contributed by atoms with Gasteiger partial charge in [0.15, 0.2) is 0 Å². The smallest absolute Gasteiger partial charge is 0.244 e. The molecule has 0 radical (unpaired) electrons. The van der Waals surface area contributed by atoms with Crippen LogP contribution >= 0.6 is 0 Å². The summed E-state index contributed by atoms with van der Waals surface area (Å²) in [4.78, 5) is 16.5. The fourth-order valence-electron chi connectivity index (χ4n) is 3.15. The molecule has 2 aromatic rings. The lowest BCUT2D eigenvalue weighted by atomic mass is 9.96. The van der Waals surface area contributed by atoms with Crippen LogP contribution in [0.15, 0.2) is 52.2 Å². The number of furan rings is 1. The summed E-state index contributed by atoms with van der Waals surface area (Å²) in [7, 11) is -3.54. The van der Waals surface area contributed by atoms with Crippen LogP contribution in [0.1, 0.15) is 25.5 Å². The zero-order valence-electron chi connectivity index (χ0n) is 14.7. The summed E-state index contributed by atoms with van der Waals surface area (Å²) in [6.45, 7) is 2.60. The first-order valence-corrected chi connectivity index (χ1v) is 10.1. The van der Waals surface area contributed by atoms with E-state index < -0.39 is 10.0 Å². The van der Waals surface area contributed by atoms with Crippen molar-refractivity contribution in [3.05, 3.63) is 48.7 Å². The van der Waals surface area contributed by atoms with E-state index in [1.165, 1.54) is 16.6 Å². The Balaban J connectivity index is 1.52. The summed E-state index contributed by atoms with van der Waals surface area (Å²) in [5.74, 6) is 0.632. The Hall–Kier alpha value is -2.19. The molecule has 7 nitrogen and oxygen atoms in total. The van der Waals surface area contributed by atoms with Crippen LogP contribution in [-0.2, 0) is 21.2 Å². The van der Waals surface area contributed by atoms with Crippen LogP contribution < -0.4 is 5.32 Å². The van der Waals surface area contributed by atoms with Crippen LogP contribution in [0.3, 0.4) is 0 Å². The van der Waals surface area contributed by atoms with E-state index in [1.807, 2.05) is 19.1 Å². The van der Waals surface area contributed by atoms with Gasteiger partial charge in [-0.25, -0.2) is 8.42 Å². The summed E-state index contributed by atoms with van der Waals surface area (Å²) >= 11 is 0. The molecule has 0 aliphatic carbocycles. The predicted molar refractivity (Wildman–Crippen MR) is 95.7 cm³/mol. The number of sulfonamides is 1. The maximum atomic E-state index is 12.6. The first kappa shape index (κ1) is 18.6. The molecule has 0 spiro atoms. The number of pyridine rings is 1. The van der Waals surface area contributed by atoms with Crippen molar-refractivity contribution in [1.82, 2.24) is 14.6 Å². The molecular formula is C18H23N3O4S. The van der Waals surface area contributed by atoms with Crippen LogP contribution in [0.4, 0.5) is 0 Å². The molecule has 3 heterocycles. The molecule has 8 heteroatoms. The number of carbonyl (C=O) groups excluding carboxylic acids is 1. The lowest BCUT2D eigenvalue weighted by Crippen LogP contribution is -2.45. The number of hydrogen-bond acceptors (Lipinski definition) is 5. The van der Waals surface area contributed by atoms with E-state index in [1.54, 1.807) is 18.5 Å². The Morgan fingerprint density at radius 3 is 2.73 bits per heavy atom. The van der Waals surface area contributed by atoms with E-state index in [0.29, 0.717) is 32.4 Å². The van der Waals surface area contributed by atoms with Gasteiger partial charge in [0.1, 0.15) is 10.7 Å². The van der Waals surface area contributed by atoms with Crippen molar-refractivity contribution in [2.75, 3.05) is 13.1 Å². The van der Waals surface area contributed by atoms with Gasteiger partial charge in [-0.15, -0.1) is 0 Å². The van der Waals surface area contributed by atoms with Gasteiger partial charge in [0.05, 0.1) is 6.26 Å². The number of nitrogens with one attached hydrogen (secondary N) is 1. The predicted octanol–water partition coefficient (Wildman–Crippen LogP) is 1.82. The van der Waals surface area contributed by atoms with Gasteiger partial charge in [0.25, 0.3) is 0 Å². The number of aromatic nitrogens is 1. The van der Waals surface area contributed by atoms with Gasteiger partial charge in [-0.2, -0.15) is 4.31 Å². The van der Waals surface area contributed by atoms with Crippen LogP contribution in [0.25, 0.3) is 0 Å². The van der Waals surface area contributed by atoms with Gasteiger partial charge < -0.3 is 9.73 Å². The molecule has 0 aromatic carbocycles. The highest BCUT2D eigenvalue weighted by Crippen LogP contribution is 2.23. The largest absolute Gasteiger partial charge is 0.469 e. The molecular weight excluding hydrogens is 354 g/mol. The van der Waals surface area contributed by atoms with Crippen molar-refractivity contribution in [1.29, 1.82) is 0 Å². The summed E-state index contributed by atoms with van der Waals surface area (Å²) in [5, 5.41) is 3.00. The van der Waals surface area contributed by atoms with E-state index in [-0.39, 0.29) is 22.8 Å². The standard InChI is InChI=1S/C18H23N3O4S/c1-14(12-16-4-3-11-25-16)20-18(22)15-6-9-21(10-7-15)26(23,24)17-5-2-8-19-13-17/h2-5,8,11,13-15H,6-7,9-10,12H2,1H3,(H,20,22). The van der Waals surface area contributed by atoms with Gasteiger partial charge in [-0.3, -0.25) is 9.78 Å². The Morgan fingerprint density at radius 1 is 1.35 bits per heavy atom. The van der Waals surface area contributed by atoms with Crippen molar-refractivity contribution >= 4 is 15.9 Å². The summed E-state index contributed by atoms with van der Waals surface area (Å²) in [6, 6.07) is 6.81. The third kappa shape index (κ3) is 4.31. The van der Waals surface area contributed by atoms with Crippen LogP contribution in [-0.4, -0.2) is 42.7 Å². The van der Waals surface area contributed by atoms with Gasteiger partial charge in [0, 0.05) is 43.9 Å². The molecule has 1 saturated heterocycles. The second-order valence-electron chi connectivity index (χ2n) is 6.56. The number of hydrogen-bond donors (Lipinski definition) is 1. The monoisotopic (exact) mass is 377 g/mol. The topological polar surface area (TPSA) is 92.5 Å². The maximum absolute atomic E-state index is 12.6. The summed E-state index contributed by atoms with van der Waals surface area (Å²) in [5.41, 5.74) is 0. The first-order valence-electron chi connectivity index (χ1n) is 8.70. The second-order valence-corrected chi connectivity index (χ2v) is 8.50. The van der Waals surface area contributed by atoms with Crippen LogP contribution in [0.2, 0.25) is 0 Å². The van der Waals surface area contributed by atoms with Crippen molar-refractivity contribution < 1.29 is 17.6 Å². The average Bonchev–Trinajstić information content (AvgIpc) is 3.15. The minimum absolute atomic E-state index is 0.0255. The van der Waals surface area contributed by atoms with Gasteiger partial charge >= 0.3 is 0 Å². The van der Waals surface area contributed by atoms with Crippen molar-refractivity contribution in [2.45, 2.75) is 37.1 Å². The van der Waals surface area contributed by atoms with E-state index >= 15 is 0 Å². The highest BCUT2D eigenvalue weighted by Gasteiger charge is 2.32. The van der Waals surface area contributed by atoms with Crippen molar-refractivity contribution in [3.63, 3.8) is 0 Å². The van der Waals surface area contributed by atoms with E-state index in [0.717, 1.165) is 5.76 Å². The van der Waals surface area contributed by atoms with E-state index in [9.17, 15) is 13.2 Å². The van der Waals surface area contributed by atoms with Crippen LogP contribution in [0, 0.1) is 5.92 Å². The number of rotatable bonds is 6. The highest BCUT2D eigenvalue weighted by molar-refractivity contribution is 7.89. The van der Waals surface area contributed by atoms with Gasteiger partial charge in [-0.1, -0.05) is 0 Å². The molecule has 1 aliphatic heterocycles. The first-order chi connectivity index (χ1) is 12.5. The minimum Gasteiger partial charge on any atom is -0.469 e. The molecule has 1 unspecified atom stereocenters. The molecule has 140 valence electrons. The third-order valence-electron chi connectivity index (χ3n) is 4.57. The fraction of sp³-hybridized carbons (Fsp3) is 0.444. The maximum Gasteiger partial charge on any atom is 0.244 e. The number of nitrogens with zero attached hydrogens (tertiary/aromatic N) is 2. The Kier molecular flexibility index (Phi) is 5.73. The Labute approximate surface area is 153 Å².